The fourth-order valence-corrected chi connectivity index (χ4v) is 4.89. The van der Waals surface area contributed by atoms with Crippen LogP contribution in [0.5, 0.6) is 0 Å². The first-order valence-corrected chi connectivity index (χ1v) is 11.0. The maximum absolute atomic E-state index is 12.7. The molecule has 0 aliphatic heterocycles. The summed E-state index contributed by atoms with van der Waals surface area (Å²) in [5.41, 5.74) is 2.50. The molecule has 0 radical (unpaired) electrons. The second kappa shape index (κ2) is 9.05. The Labute approximate surface area is 178 Å². The molecule has 0 bridgehead atoms. The highest BCUT2D eigenvalue weighted by atomic mass is 79.9. The molecular weight excluding hydrogens is 438 g/mol. The molecule has 3 rings (SSSR count). The lowest BCUT2D eigenvalue weighted by molar-refractivity contribution is -0.111. The van der Waals surface area contributed by atoms with E-state index in [4.69, 9.17) is 4.74 Å². The molecule has 1 aromatic carbocycles. The van der Waals surface area contributed by atoms with Gasteiger partial charge in [-0.3, -0.25) is 4.79 Å². The minimum absolute atomic E-state index is 0.202. The smallest absolute Gasteiger partial charge is 0.341 e. The minimum atomic E-state index is -0.353. The lowest BCUT2D eigenvalue weighted by Crippen LogP contribution is -2.18. The first-order valence-electron chi connectivity index (χ1n) is 9.43. The summed E-state index contributed by atoms with van der Waals surface area (Å²) in [4.78, 5) is 26.4. The zero-order valence-electron chi connectivity index (χ0n) is 16.3. The van der Waals surface area contributed by atoms with Gasteiger partial charge in [0, 0.05) is 15.4 Å². The molecule has 1 N–H and O–H groups in total. The van der Waals surface area contributed by atoms with Crippen molar-refractivity contribution < 1.29 is 14.3 Å². The second-order valence-electron chi connectivity index (χ2n) is 7.38. The van der Waals surface area contributed by atoms with E-state index in [2.05, 4.69) is 28.2 Å². The number of thiophene rings is 1. The Hall–Kier alpha value is -1.92. The van der Waals surface area contributed by atoms with Gasteiger partial charge in [0.25, 0.3) is 0 Å². The molecule has 0 spiro atoms. The summed E-state index contributed by atoms with van der Waals surface area (Å²) in [6.07, 6.45) is 5.87. The molecule has 0 fully saturated rings. The van der Waals surface area contributed by atoms with Gasteiger partial charge in [0.2, 0.25) is 5.91 Å². The lowest BCUT2D eigenvalue weighted by atomic mass is 9.88. The molecule has 2 aromatic rings. The van der Waals surface area contributed by atoms with Gasteiger partial charge in [-0.25, -0.2) is 4.79 Å². The van der Waals surface area contributed by atoms with Gasteiger partial charge in [-0.05, 0) is 68.4 Å². The number of carbonyl (C=O) groups excluding carboxylic acids is 2. The third-order valence-corrected chi connectivity index (χ3v) is 6.29. The quantitative estimate of drug-likeness (QED) is 0.448. The Morgan fingerprint density at radius 1 is 1.29 bits per heavy atom. The van der Waals surface area contributed by atoms with Crippen LogP contribution >= 0.6 is 27.3 Å². The summed E-state index contributed by atoms with van der Waals surface area (Å²) < 4.78 is 6.43. The molecule has 1 aliphatic carbocycles. The Bertz CT molecular complexity index is 899. The second-order valence-corrected chi connectivity index (χ2v) is 9.40. The fourth-order valence-electron chi connectivity index (χ4n) is 3.23. The van der Waals surface area contributed by atoms with Crippen molar-refractivity contribution in [2.24, 2.45) is 5.92 Å². The van der Waals surface area contributed by atoms with Gasteiger partial charge in [-0.15, -0.1) is 11.3 Å². The number of esters is 1. The number of benzene rings is 1. The van der Waals surface area contributed by atoms with Gasteiger partial charge in [-0.1, -0.05) is 35.0 Å². The van der Waals surface area contributed by atoms with Crippen LogP contribution in [0.25, 0.3) is 6.08 Å². The van der Waals surface area contributed by atoms with Crippen LogP contribution in [0.4, 0.5) is 5.00 Å². The van der Waals surface area contributed by atoms with E-state index in [1.54, 1.807) is 6.08 Å². The first kappa shape index (κ1) is 20.8. The lowest BCUT2D eigenvalue weighted by Gasteiger charge is -2.18. The first-order chi connectivity index (χ1) is 13.3. The summed E-state index contributed by atoms with van der Waals surface area (Å²) in [7, 11) is 0. The van der Waals surface area contributed by atoms with Crippen LogP contribution in [0.3, 0.4) is 0 Å². The molecule has 1 unspecified atom stereocenters. The Morgan fingerprint density at radius 2 is 2.00 bits per heavy atom. The third-order valence-electron chi connectivity index (χ3n) is 4.59. The number of hydrogen-bond donors (Lipinski definition) is 1. The largest absolute Gasteiger partial charge is 0.459 e. The molecule has 1 aliphatic rings. The number of amides is 1. The van der Waals surface area contributed by atoms with Crippen molar-refractivity contribution in [3.63, 3.8) is 0 Å². The SMILES string of the molecule is CC1CCc2c(sc(NC(=O)/C=C/c3ccc(Br)cc3)c2C(=O)OC(C)C)C1. The van der Waals surface area contributed by atoms with Gasteiger partial charge in [0.05, 0.1) is 11.7 Å². The van der Waals surface area contributed by atoms with E-state index in [1.165, 1.54) is 22.3 Å². The van der Waals surface area contributed by atoms with Crippen molar-refractivity contribution in [2.75, 3.05) is 5.32 Å². The average molecular weight is 462 g/mol. The predicted octanol–water partition coefficient (Wildman–Crippen LogP) is 5.85. The van der Waals surface area contributed by atoms with E-state index in [1.807, 2.05) is 38.1 Å². The molecule has 0 saturated carbocycles. The molecule has 1 heterocycles. The average Bonchev–Trinajstić information content (AvgIpc) is 2.97. The molecule has 1 amide bonds. The number of ether oxygens (including phenoxy) is 1. The van der Waals surface area contributed by atoms with Crippen LogP contribution in [-0.2, 0) is 22.4 Å². The maximum atomic E-state index is 12.7. The van der Waals surface area contributed by atoms with Crippen molar-refractivity contribution in [1.29, 1.82) is 0 Å². The highest BCUT2D eigenvalue weighted by Crippen LogP contribution is 2.40. The number of nitrogens with one attached hydrogen (secondary N) is 1. The molecule has 1 atom stereocenters. The number of hydrogen-bond acceptors (Lipinski definition) is 4. The van der Waals surface area contributed by atoms with Crippen LogP contribution in [0.1, 0.15) is 53.6 Å². The third kappa shape index (κ3) is 5.11. The maximum Gasteiger partial charge on any atom is 0.341 e. The van der Waals surface area contributed by atoms with Crippen molar-refractivity contribution in [1.82, 2.24) is 0 Å². The van der Waals surface area contributed by atoms with E-state index in [0.29, 0.717) is 16.5 Å². The number of anilines is 1. The molecule has 1 aromatic heterocycles. The summed E-state index contributed by atoms with van der Waals surface area (Å²) >= 11 is 4.89. The highest BCUT2D eigenvalue weighted by Gasteiger charge is 2.29. The van der Waals surface area contributed by atoms with Gasteiger partial charge in [-0.2, -0.15) is 0 Å². The van der Waals surface area contributed by atoms with Crippen molar-refractivity contribution in [2.45, 2.75) is 46.1 Å². The summed E-state index contributed by atoms with van der Waals surface area (Å²) in [5.74, 6) is -0.0247. The monoisotopic (exact) mass is 461 g/mol. The Morgan fingerprint density at radius 3 is 2.68 bits per heavy atom. The summed E-state index contributed by atoms with van der Waals surface area (Å²) in [5, 5.41) is 3.49. The number of carbonyl (C=O) groups is 2. The van der Waals surface area contributed by atoms with E-state index < -0.39 is 0 Å². The fraction of sp³-hybridized carbons (Fsp3) is 0.364. The van der Waals surface area contributed by atoms with Gasteiger partial charge < -0.3 is 10.1 Å². The molecule has 6 heteroatoms. The minimum Gasteiger partial charge on any atom is -0.459 e. The summed E-state index contributed by atoms with van der Waals surface area (Å²) in [6.45, 7) is 5.88. The molecular formula is C22H24BrNO3S. The van der Waals surface area contributed by atoms with Crippen LogP contribution in [-0.4, -0.2) is 18.0 Å². The van der Waals surface area contributed by atoms with E-state index in [0.717, 1.165) is 34.9 Å². The Balaban J connectivity index is 1.82. The zero-order valence-corrected chi connectivity index (χ0v) is 18.7. The topological polar surface area (TPSA) is 55.4 Å². The number of rotatable bonds is 5. The highest BCUT2D eigenvalue weighted by molar-refractivity contribution is 9.10. The van der Waals surface area contributed by atoms with Crippen LogP contribution in [0.15, 0.2) is 34.8 Å². The molecule has 0 saturated heterocycles. The van der Waals surface area contributed by atoms with Crippen molar-refractivity contribution >= 4 is 50.2 Å². The predicted molar refractivity (Wildman–Crippen MR) is 118 cm³/mol. The molecule has 28 heavy (non-hydrogen) atoms. The van der Waals surface area contributed by atoms with Crippen molar-refractivity contribution in [3.05, 3.63) is 56.4 Å². The van der Waals surface area contributed by atoms with Crippen LogP contribution in [0.2, 0.25) is 0 Å². The number of fused-ring (bicyclic) bond motifs is 1. The molecule has 4 nitrogen and oxygen atoms in total. The van der Waals surface area contributed by atoms with Crippen LogP contribution < -0.4 is 5.32 Å². The zero-order chi connectivity index (χ0) is 20.3. The van der Waals surface area contributed by atoms with Crippen molar-refractivity contribution in [3.8, 4) is 0 Å². The van der Waals surface area contributed by atoms with Gasteiger partial charge in [0.15, 0.2) is 0 Å². The standard InChI is InChI=1S/C22H24BrNO3S/c1-13(2)27-22(26)20-17-10-4-14(3)12-18(17)28-21(20)24-19(25)11-7-15-5-8-16(23)9-6-15/h5-9,11,13-14H,4,10,12H2,1-3H3,(H,24,25)/b11-7+. The summed E-state index contributed by atoms with van der Waals surface area (Å²) in [6, 6.07) is 7.69. The van der Waals surface area contributed by atoms with E-state index in [-0.39, 0.29) is 18.0 Å². The Kier molecular flexibility index (Phi) is 6.73. The normalized spacial score (nSPS) is 16.2. The van der Waals surface area contributed by atoms with Gasteiger partial charge in [0.1, 0.15) is 5.00 Å². The number of halogens is 1. The van der Waals surface area contributed by atoms with E-state index in [9.17, 15) is 9.59 Å². The van der Waals surface area contributed by atoms with Gasteiger partial charge >= 0.3 is 5.97 Å². The molecule has 148 valence electrons. The van der Waals surface area contributed by atoms with Crippen LogP contribution in [0, 0.1) is 5.92 Å². The van der Waals surface area contributed by atoms with E-state index >= 15 is 0 Å².